The quantitative estimate of drug-likeness (QED) is 0.866. The highest BCUT2D eigenvalue weighted by Crippen LogP contribution is 2.40. The number of benzene rings is 1. The Bertz CT molecular complexity index is 694. The van der Waals surface area contributed by atoms with Crippen LogP contribution in [0.2, 0.25) is 0 Å². The molecular formula is C14H11F2NO3S. The molecule has 0 bridgehead atoms. The summed E-state index contributed by atoms with van der Waals surface area (Å²) in [5, 5.41) is 0.628. The summed E-state index contributed by atoms with van der Waals surface area (Å²) in [6.07, 6.45) is 0. The molecule has 1 aliphatic rings. The third-order valence-corrected chi connectivity index (χ3v) is 4.10. The second-order valence-corrected chi connectivity index (χ2v) is 5.45. The first kappa shape index (κ1) is 14.0. The van der Waals surface area contributed by atoms with Gasteiger partial charge in [-0.15, -0.1) is 0 Å². The fourth-order valence-electron chi connectivity index (χ4n) is 2.17. The lowest BCUT2D eigenvalue weighted by Crippen LogP contribution is -2.11. The maximum atomic E-state index is 13.8. The Morgan fingerprint density at radius 3 is 2.62 bits per heavy atom. The van der Waals surface area contributed by atoms with Crippen molar-refractivity contribution in [3.05, 3.63) is 46.5 Å². The van der Waals surface area contributed by atoms with Crippen LogP contribution in [0.15, 0.2) is 18.2 Å². The SMILES string of the molecule is Nc1sc2c(c1C(=O)c1c(F)cccc1F)COCCO2. The molecule has 2 aromatic rings. The van der Waals surface area contributed by atoms with Crippen LogP contribution in [0.5, 0.6) is 5.06 Å². The minimum Gasteiger partial charge on any atom is -0.481 e. The standard InChI is InChI=1S/C14H11F2NO3S/c15-8-2-1-3-9(16)11(8)12(18)10-7-6-19-4-5-20-14(7)21-13(10)17/h1-3H,4-6,17H2. The molecule has 2 heterocycles. The number of rotatable bonds is 2. The lowest BCUT2D eigenvalue weighted by molar-refractivity contribution is 0.100. The number of carbonyl (C=O) groups is 1. The molecule has 0 saturated heterocycles. The van der Waals surface area contributed by atoms with Crippen molar-refractivity contribution in [1.82, 2.24) is 0 Å². The number of fused-ring (bicyclic) bond motifs is 1. The monoisotopic (exact) mass is 311 g/mol. The molecule has 0 fully saturated rings. The number of carbonyl (C=O) groups excluding carboxylic acids is 1. The van der Waals surface area contributed by atoms with Gasteiger partial charge in [0.15, 0.2) is 5.06 Å². The molecule has 1 aromatic carbocycles. The van der Waals surface area contributed by atoms with Crippen molar-refractivity contribution in [3.8, 4) is 5.06 Å². The van der Waals surface area contributed by atoms with Gasteiger partial charge in [0.25, 0.3) is 0 Å². The second-order valence-electron chi connectivity index (χ2n) is 4.43. The van der Waals surface area contributed by atoms with Crippen LogP contribution in [0.3, 0.4) is 0 Å². The van der Waals surface area contributed by atoms with Crippen molar-refractivity contribution in [1.29, 1.82) is 0 Å². The van der Waals surface area contributed by atoms with Gasteiger partial charge in [-0.2, -0.15) is 0 Å². The molecule has 110 valence electrons. The van der Waals surface area contributed by atoms with E-state index in [0.29, 0.717) is 23.8 Å². The number of ketones is 1. The lowest BCUT2D eigenvalue weighted by atomic mass is 10.0. The first-order valence-electron chi connectivity index (χ1n) is 6.20. The van der Waals surface area contributed by atoms with E-state index in [0.717, 1.165) is 23.5 Å². The number of nitrogen functional groups attached to an aromatic ring is 1. The van der Waals surface area contributed by atoms with E-state index >= 15 is 0 Å². The molecule has 0 atom stereocenters. The van der Waals surface area contributed by atoms with E-state index < -0.39 is 23.0 Å². The molecular weight excluding hydrogens is 300 g/mol. The van der Waals surface area contributed by atoms with Crippen molar-refractivity contribution < 1.29 is 23.0 Å². The van der Waals surface area contributed by atoms with Crippen molar-refractivity contribution in [3.63, 3.8) is 0 Å². The molecule has 1 aliphatic heterocycles. The van der Waals surface area contributed by atoms with E-state index in [4.69, 9.17) is 15.2 Å². The molecule has 0 spiro atoms. The maximum Gasteiger partial charge on any atom is 0.202 e. The number of anilines is 1. The Labute approximate surface area is 123 Å². The van der Waals surface area contributed by atoms with E-state index in [1.807, 2.05) is 0 Å². The fraction of sp³-hybridized carbons (Fsp3) is 0.214. The van der Waals surface area contributed by atoms with Crippen molar-refractivity contribution in [2.75, 3.05) is 18.9 Å². The van der Waals surface area contributed by atoms with Gasteiger partial charge >= 0.3 is 0 Å². The molecule has 0 amide bonds. The summed E-state index contributed by atoms with van der Waals surface area (Å²) < 4.78 is 38.3. The summed E-state index contributed by atoms with van der Waals surface area (Å²) in [5.74, 6) is -2.64. The third kappa shape index (κ3) is 2.38. The van der Waals surface area contributed by atoms with Gasteiger partial charge in [-0.05, 0) is 12.1 Å². The van der Waals surface area contributed by atoms with Crippen LogP contribution in [0.25, 0.3) is 0 Å². The van der Waals surface area contributed by atoms with Gasteiger partial charge in [0.05, 0.1) is 24.3 Å². The predicted octanol–water partition coefficient (Wildman–Crippen LogP) is 2.75. The summed E-state index contributed by atoms with van der Waals surface area (Å²) in [6.45, 7) is 0.845. The zero-order valence-electron chi connectivity index (χ0n) is 10.8. The van der Waals surface area contributed by atoms with Crippen LogP contribution >= 0.6 is 11.3 Å². The summed E-state index contributed by atoms with van der Waals surface area (Å²) in [6, 6.07) is 3.26. The number of thiophene rings is 1. The van der Waals surface area contributed by atoms with Crippen molar-refractivity contribution >= 4 is 22.1 Å². The number of hydrogen-bond donors (Lipinski definition) is 1. The zero-order valence-corrected chi connectivity index (χ0v) is 11.6. The van der Waals surface area contributed by atoms with Crippen LogP contribution in [0, 0.1) is 11.6 Å². The Morgan fingerprint density at radius 1 is 1.19 bits per heavy atom. The number of nitrogens with two attached hydrogens (primary N) is 1. The largest absolute Gasteiger partial charge is 0.481 e. The normalized spacial score (nSPS) is 14.2. The highest BCUT2D eigenvalue weighted by atomic mass is 32.1. The second kappa shape index (κ2) is 5.42. The molecule has 3 rings (SSSR count). The molecule has 2 N–H and O–H groups in total. The summed E-state index contributed by atoms with van der Waals surface area (Å²) >= 11 is 1.07. The molecule has 0 saturated carbocycles. The van der Waals surface area contributed by atoms with Crippen LogP contribution in [-0.2, 0) is 11.3 Å². The van der Waals surface area contributed by atoms with E-state index in [2.05, 4.69) is 0 Å². The topological polar surface area (TPSA) is 61.6 Å². The van der Waals surface area contributed by atoms with Gasteiger partial charge in [0.1, 0.15) is 23.2 Å². The maximum absolute atomic E-state index is 13.8. The average Bonchev–Trinajstić information content (AvgIpc) is 2.59. The Kier molecular flexibility index (Phi) is 3.60. The highest BCUT2D eigenvalue weighted by molar-refractivity contribution is 7.18. The number of halogens is 2. The minimum absolute atomic E-state index is 0.0564. The molecule has 0 unspecified atom stereocenters. The van der Waals surface area contributed by atoms with Crippen LogP contribution in [-0.4, -0.2) is 19.0 Å². The Balaban J connectivity index is 2.12. The van der Waals surface area contributed by atoms with Crippen molar-refractivity contribution in [2.45, 2.75) is 6.61 Å². The lowest BCUT2D eigenvalue weighted by Gasteiger charge is -2.06. The van der Waals surface area contributed by atoms with Gasteiger partial charge in [0, 0.05) is 5.56 Å². The summed E-state index contributed by atoms with van der Waals surface area (Å²) in [4.78, 5) is 12.5. The van der Waals surface area contributed by atoms with Crippen LogP contribution < -0.4 is 10.5 Å². The van der Waals surface area contributed by atoms with Crippen LogP contribution in [0.4, 0.5) is 13.8 Å². The van der Waals surface area contributed by atoms with Gasteiger partial charge < -0.3 is 15.2 Å². The summed E-state index contributed by atoms with van der Waals surface area (Å²) in [7, 11) is 0. The van der Waals surface area contributed by atoms with Gasteiger partial charge in [-0.25, -0.2) is 8.78 Å². The smallest absolute Gasteiger partial charge is 0.202 e. The summed E-state index contributed by atoms with van der Waals surface area (Å²) in [5.41, 5.74) is 5.71. The minimum atomic E-state index is -0.921. The first-order valence-corrected chi connectivity index (χ1v) is 7.01. The molecule has 0 radical (unpaired) electrons. The van der Waals surface area contributed by atoms with E-state index in [-0.39, 0.29) is 17.2 Å². The van der Waals surface area contributed by atoms with Gasteiger partial charge in [-0.1, -0.05) is 17.4 Å². The Morgan fingerprint density at radius 2 is 1.90 bits per heavy atom. The van der Waals surface area contributed by atoms with Gasteiger partial charge in [-0.3, -0.25) is 4.79 Å². The number of ether oxygens (including phenoxy) is 2. The molecule has 4 nitrogen and oxygen atoms in total. The molecule has 21 heavy (non-hydrogen) atoms. The fourth-order valence-corrected chi connectivity index (χ4v) is 3.11. The molecule has 0 aliphatic carbocycles. The van der Waals surface area contributed by atoms with Gasteiger partial charge in [0.2, 0.25) is 5.78 Å². The predicted molar refractivity (Wildman–Crippen MR) is 73.7 cm³/mol. The zero-order chi connectivity index (χ0) is 15.0. The Hall–Kier alpha value is -1.99. The third-order valence-electron chi connectivity index (χ3n) is 3.12. The molecule has 7 heteroatoms. The van der Waals surface area contributed by atoms with E-state index in [1.54, 1.807) is 0 Å². The number of hydrogen-bond acceptors (Lipinski definition) is 5. The first-order chi connectivity index (χ1) is 10.1. The highest BCUT2D eigenvalue weighted by Gasteiger charge is 2.29. The van der Waals surface area contributed by atoms with Crippen LogP contribution in [0.1, 0.15) is 21.5 Å². The average molecular weight is 311 g/mol. The van der Waals surface area contributed by atoms with E-state index in [1.165, 1.54) is 6.07 Å². The van der Waals surface area contributed by atoms with Crippen molar-refractivity contribution in [2.24, 2.45) is 0 Å². The van der Waals surface area contributed by atoms with E-state index in [9.17, 15) is 13.6 Å². The molecule has 1 aromatic heterocycles.